The predicted molar refractivity (Wildman–Crippen MR) is 168 cm³/mol. The molecule has 0 aliphatic carbocycles. The van der Waals surface area contributed by atoms with E-state index in [-0.39, 0.29) is 49.0 Å². The molecule has 40 heavy (non-hydrogen) atoms. The Morgan fingerprint density at radius 1 is 0.925 bits per heavy atom. The zero-order valence-corrected chi connectivity index (χ0v) is 26.8. The maximum Gasteiger partial charge on any atom is 0.242 e. The van der Waals surface area contributed by atoms with Crippen molar-refractivity contribution in [3.63, 3.8) is 0 Å². The van der Waals surface area contributed by atoms with Gasteiger partial charge in [-0.3, -0.25) is 24.2 Å². The maximum atomic E-state index is 13.3. The van der Waals surface area contributed by atoms with Crippen molar-refractivity contribution < 1.29 is 9.59 Å². The first-order chi connectivity index (χ1) is 17.5. The van der Waals surface area contributed by atoms with Crippen molar-refractivity contribution in [1.82, 2.24) is 19.7 Å². The van der Waals surface area contributed by atoms with Gasteiger partial charge in [0.25, 0.3) is 0 Å². The molecule has 0 spiro atoms. The Kier molecular flexibility index (Phi) is 12.7. The Hall–Kier alpha value is -2.65. The molecule has 1 aliphatic rings. The first-order valence-electron chi connectivity index (χ1n) is 12.9. The Bertz CT molecular complexity index is 1330. The fourth-order valence-corrected chi connectivity index (χ4v) is 5.10. The summed E-state index contributed by atoms with van der Waals surface area (Å²) in [5, 5.41) is 4.53. The highest BCUT2D eigenvalue weighted by molar-refractivity contribution is 6.19. The molecule has 0 saturated carbocycles. The molecule has 0 radical (unpaired) electrons. The van der Waals surface area contributed by atoms with Gasteiger partial charge in [0.15, 0.2) is 0 Å². The highest BCUT2D eigenvalue weighted by Gasteiger charge is 2.45. The van der Waals surface area contributed by atoms with E-state index in [1.165, 1.54) is 11.1 Å². The summed E-state index contributed by atoms with van der Waals surface area (Å²) in [5.41, 5.74) is 6.13. The Morgan fingerprint density at radius 2 is 1.62 bits per heavy atom. The standard InChI is InChI=1S/C29H38N6O2.3ClH/c1-8-35-25-10-9-22(16-26(25)32(6)27(36)29(4,5)28(35)37)18-34(19-24-15-21(3)31-33(24)7)14-12-23-17-30-13-11-20(23)2;;;/h9-11,13,15-17H,8,12,14,18-19H2,1-7H3;3*1H. The van der Waals surface area contributed by atoms with E-state index in [2.05, 4.69) is 40.1 Å². The van der Waals surface area contributed by atoms with Crippen LogP contribution in [0.3, 0.4) is 0 Å². The fraction of sp³-hybridized carbons (Fsp3) is 0.448. The molecule has 1 aliphatic heterocycles. The van der Waals surface area contributed by atoms with Crippen LogP contribution in [0.2, 0.25) is 0 Å². The van der Waals surface area contributed by atoms with Gasteiger partial charge in [0.05, 0.1) is 22.8 Å². The smallest absolute Gasteiger partial charge is 0.242 e. The number of nitrogens with zero attached hydrogens (tertiary/aromatic N) is 6. The van der Waals surface area contributed by atoms with Crippen LogP contribution in [0.25, 0.3) is 0 Å². The number of hydrogen-bond donors (Lipinski definition) is 0. The Labute approximate surface area is 256 Å². The largest absolute Gasteiger partial charge is 0.313 e. The number of fused-ring (bicyclic) bond motifs is 1. The third kappa shape index (κ3) is 7.16. The van der Waals surface area contributed by atoms with Gasteiger partial charge in [-0.1, -0.05) is 6.07 Å². The van der Waals surface area contributed by atoms with E-state index in [0.717, 1.165) is 47.8 Å². The Balaban J connectivity index is 0.00000267. The number of anilines is 2. The van der Waals surface area contributed by atoms with Gasteiger partial charge < -0.3 is 9.80 Å². The first kappa shape index (κ1) is 35.4. The summed E-state index contributed by atoms with van der Waals surface area (Å²) in [7, 11) is 3.74. The van der Waals surface area contributed by atoms with Gasteiger partial charge >= 0.3 is 0 Å². The van der Waals surface area contributed by atoms with Crippen LogP contribution in [-0.2, 0) is 36.1 Å². The summed E-state index contributed by atoms with van der Waals surface area (Å²) in [4.78, 5) is 36.6. The lowest BCUT2D eigenvalue weighted by molar-refractivity contribution is -0.137. The normalized spacial score (nSPS) is 14.2. The number of aryl methyl sites for hydroxylation is 3. The van der Waals surface area contributed by atoms with Crippen LogP contribution in [0.4, 0.5) is 11.4 Å². The van der Waals surface area contributed by atoms with Gasteiger partial charge in [-0.2, -0.15) is 5.10 Å². The van der Waals surface area contributed by atoms with E-state index < -0.39 is 5.41 Å². The second-order valence-corrected chi connectivity index (χ2v) is 10.5. The van der Waals surface area contributed by atoms with Crippen LogP contribution < -0.4 is 9.80 Å². The molecule has 0 bridgehead atoms. The van der Waals surface area contributed by atoms with Crippen LogP contribution in [0, 0.1) is 19.3 Å². The van der Waals surface area contributed by atoms with E-state index in [1.54, 1.807) is 30.7 Å². The summed E-state index contributed by atoms with van der Waals surface area (Å²) < 4.78 is 1.94. The highest BCUT2D eigenvalue weighted by Crippen LogP contribution is 2.39. The Morgan fingerprint density at radius 3 is 2.23 bits per heavy atom. The van der Waals surface area contributed by atoms with Gasteiger partial charge in [0.2, 0.25) is 11.8 Å². The number of halogens is 3. The zero-order valence-electron chi connectivity index (χ0n) is 24.3. The molecule has 8 nitrogen and oxygen atoms in total. The lowest BCUT2D eigenvalue weighted by atomic mass is 9.90. The molecule has 0 unspecified atom stereocenters. The van der Waals surface area contributed by atoms with Gasteiger partial charge in [-0.25, -0.2) is 0 Å². The molecule has 0 saturated heterocycles. The van der Waals surface area contributed by atoms with Crippen LogP contribution in [-0.4, -0.2) is 51.6 Å². The molecule has 0 N–H and O–H groups in total. The minimum atomic E-state index is -1.12. The summed E-state index contributed by atoms with van der Waals surface area (Å²) in [5.74, 6) is -0.362. The molecular weight excluding hydrogens is 571 g/mol. The lowest BCUT2D eigenvalue weighted by Crippen LogP contribution is -2.47. The molecule has 220 valence electrons. The molecule has 0 fully saturated rings. The van der Waals surface area contributed by atoms with Gasteiger partial charge in [-0.15, -0.1) is 37.2 Å². The summed E-state index contributed by atoms with van der Waals surface area (Å²) in [6, 6.07) is 10.3. The molecule has 3 aromatic rings. The minimum absolute atomic E-state index is 0. The average molecular weight is 612 g/mol. The maximum absolute atomic E-state index is 13.3. The van der Waals surface area contributed by atoms with E-state index in [9.17, 15) is 9.59 Å². The molecule has 2 amide bonds. The average Bonchev–Trinajstić information content (AvgIpc) is 3.17. The number of carbonyl (C=O) groups excluding carboxylic acids is 2. The number of benzene rings is 1. The van der Waals surface area contributed by atoms with E-state index in [0.29, 0.717) is 13.1 Å². The number of rotatable bonds is 8. The summed E-state index contributed by atoms with van der Waals surface area (Å²) >= 11 is 0. The van der Waals surface area contributed by atoms with Crippen LogP contribution in [0.5, 0.6) is 0 Å². The van der Waals surface area contributed by atoms with Crippen LogP contribution in [0.15, 0.2) is 42.7 Å². The van der Waals surface area contributed by atoms with Gasteiger partial charge in [0, 0.05) is 52.7 Å². The highest BCUT2D eigenvalue weighted by atomic mass is 35.5. The van der Waals surface area contributed by atoms with Crippen LogP contribution in [0.1, 0.15) is 48.8 Å². The quantitative estimate of drug-likeness (QED) is 0.323. The van der Waals surface area contributed by atoms with Crippen molar-refractivity contribution in [2.75, 3.05) is 29.9 Å². The number of aromatic nitrogens is 3. The second kappa shape index (κ2) is 14.3. The van der Waals surface area contributed by atoms with E-state index in [1.807, 2.05) is 50.1 Å². The summed E-state index contributed by atoms with van der Waals surface area (Å²) in [6.45, 7) is 12.3. The van der Waals surface area contributed by atoms with Crippen molar-refractivity contribution >= 4 is 60.4 Å². The lowest BCUT2D eigenvalue weighted by Gasteiger charge is -2.27. The summed E-state index contributed by atoms with van der Waals surface area (Å²) in [6.07, 6.45) is 4.66. The third-order valence-corrected chi connectivity index (χ3v) is 7.36. The molecule has 0 atom stereocenters. The van der Waals surface area contributed by atoms with Crippen molar-refractivity contribution in [2.45, 2.75) is 54.1 Å². The molecule has 11 heteroatoms. The number of hydrogen-bond acceptors (Lipinski definition) is 5. The van der Waals surface area contributed by atoms with Gasteiger partial charge in [-0.05, 0) is 82.0 Å². The third-order valence-electron chi connectivity index (χ3n) is 7.36. The first-order valence-corrected chi connectivity index (χ1v) is 12.9. The molecule has 3 heterocycles. The van der Waals surface area contributed by atoms with Crippen molar-refractivity contribution in [3.8, 4) is 0 Å². The fourth-order valence-electron chi connectivity index (χ4n) is 5.10. The SMILES string of the molecule is CCN1C(=O)C(C)(C)C(=O)N(C)c2cc(CN(CCc3cnccc3C)Cc3cc(C)nn3C)ccc21.Cl.Cl.Cl. The topological polar surface area (TPSA) is 74.6 Å². The van der Waals surface area contributed by atoms with Crippen molar-refractivity contribution in [2.24, 2.45) is 12.5 Å². The zero-order chi connectivity index (χ0) is 26.9. The van der Waals surface area contributed by atoms with E-state index in [4.69, 9.17) is 0 Å². The number of carbonyl (C=O) groups is 2. The molecule has 2 aromatic heterocycles. The number of amides is 2. The monoisotopic (exact) mass is 610 g/mol. The number of pyridine rings is 1. The van der Waals surface area contributed by atoms with Crippen LogP contribution >= 0.6 is 37.2 Å². The minimum Gasteiger partial charge on any atom is -0.313 e. The molecular formula is C29H41Cl3N6O2. The second-order valence-electron chi connectivity index (χ2n) is 10.5. The van der Waals surface area contributed by atoms with Gasteiger partial charge in [0.1, 0.15) is 5.41 Å². The predicted octanol–water partition coefficient (Wildman–Crippen LogP) is 5.30. The van der Waals surface area contributed by atoms with Crippen molar-refractivity contribution in [3.05, 3.63) is 70.8 Å². The van der Waals surface area contributed by atoms with E-state index >= 15 is 0 Å². The molecule has 4 rings (SSSR count). The molecule has 1 aromatic carbocycles. The van der Waals surface area contributed by atoms with Crippen molar-refractivity contribution in [1.29, 1.82) is 0 Å².